The summed E-state index contributed by atoms with van der Waals surface area (Å²) in [6.45, 7) is 0.870. The Morgan fingerprint density at radius 3 is 1.64 bits per heavy atom. The number of aromatic nitrogens is 2. The molecule has 0 aliphatic carbocycles. The molecule has 0 unspecified atom stereocenters. The third-order valence-electron chi connectivity index (χ3n) is 3.03. The quantitative estimate of drug-likeness (QED) is 0.696. The second kappa shape index (κ2) is 7.22. The number of nitrogens with zero attached hydrogens (tertiary/aromatic N) is 2. The lowest BCUT2D eigenvalue weighted by molar-refractivity contribution is 0.285. The monoisotopic (exact) mass is 292 g/mol. The van der Waals surface area contributed by atoms with Crippen LogP contribution in [0.25, 0.3) is 0 Å². The van der Waals surface area contributed by atoms with Gasteiger partial charge in [0.05, 0.1) is 11.4 Å². The van der Waals surface area contributed by atoms with Crippen LogP contribution in [0, 0.1) is 0 Å². The molecule has 3 aromatic rings. The van der Waals surface area contributed by atoms with Crippen LogP contribution in [0.3, 0.4) is 0 Å². The highest BCUT2D eigenvalue weighted by Crippen LogP contribution is 2.21. The maximum Gasteiger partial charge on any atom is 0.130 e. The largest absolute Gasteiger partial charge is 0.487 e. The van der Waals surface area contributed by atoms with Crippen molar-refractivity contribution in [3.63, 3.8) is 0 Å². The average Bonchev–Trinajstić information content (AvgIpc) is 2.60. The topological polar surface area (TPSA) is 44.2 Å². The Kier molecular flexibility index (Phi) is 4.62. The summed E-state index contributed by atoms with van der Waals surface area (Å²) in [5, 5.41) is 0. The first-order valence-electron chi connectivity index (χ1n) is 7.06. The molecule has 4 heteroatoms. The van der Waals surface area contributed by atoms with Gasteiger partial charge in [-0.3, -0.25) is 9.97 Å². The molecule has 22 heavy (non-hydrogen) atoms. The van der Waals surface area contributed by atoms with E-state index in [0.717, 1.165) is 22.9 Å². The van der Waals surface area contributed by atoms with Gasteiger partial charge in [0, 0.05) is 18.5 Å². The fourth-order valence-electron chi connectivity index (χ4n) is 1.94. The smallest absolute Gasteiger partial charge is 0.130 e. The molecule has 0 saturated heterocycles. The molecule has 110 valence electrons. The van der Waals surface area contributed by atoms with Crippen LogP contribution in [0.1, 0.15) is 11.4 Å². The van der Waals surface area contributed by atoms with Gasteiger partial charge in [0.1, 0.15) is 24.7 Å². The summed E-state index contributed by atoms with van der Waals surface area (Å²) in [6.07, 6.45) is 3.51. The highest BCUT2D eigenvalue weighted by molar-refractivity contribution is 5.33. The number of hydrogen-bond donors (Lipinski definition) is 0. The van der Waals surface area contributed by atoms with Crippen LogP contribution in [-0.2, 0) is 13.2 Å². The summed E-state index contributed by atoms with van der Waals surface area (Å²) in [6, 6.07) is 19.1. The predicted octanol–water partition coefficient (Wildman–Crippen LogP) is 3.63. The van der Waals surface area contributed by atoms with Crippen LogP contribution in [0.5, 0.6) is 11.5 Å². The highest BCUT2D eigenvalue weighted by Gasteiger charge is 2.01. The molecule has 0 atom stereocenters. The lowest BCUT2D eigenvalue weighted by Gasteiger charge is -2.09. The molecule has 1 aromatic carbocycles. The average molecular weight is 292 g/mol. The summed E-state index contributed by atoms with van der Waals surface area (Å²) in [4.78, 5) is 8.46. The molecule has 0 fully saturated rings. The van der Waals surface area contributed by atoms with Gasteiger partial charge in [-0.25, -0.2) is 0 Å². The van der Waals surface area contributed by atoms with E-state index in [9.17, 15) is 0 Å². The van der Waals surface area contributed by atoms with Gasteiger partial charge >= 0.3 is 0 Å². The number of rotatable bonds is 6. The summed E-state index contributed by atoms with van der Waals surface area (Å²) in [7, 11) is 0. The molecule has 0 radical (unpaired) electrons. The van der Waals surface area contributed by atoms with Crippen molar-refractivity contribution in [2.75, 3.05) is 0 Å². The third kappa shape index (κ3) is 4.06. The van der Waals surface area contributed by atoms with Crippen LogP contribution in [0.4, 0.5) is 0 Å². The summed E-state index contributed by atoms with van der Waals surface area (Å²) < 4.78 is 11.5. The van der Waals surface area contributed by atoms with Crippen molar-refractivity contribution in [1.29, 1.82) is 0 Å². The fourth-order valence-corrected chi connectivity index (χ4v) is 1.94. The highest BCUT2D eigenvalue weighted by atomic mass is 16.5. The Morgan fingerprint density at radius 2 is 1.18 bits per heavy atom. The van der Waals surface area contributed by atoms with E-state index in [0.29, 0.717) is 13.2 Å². The molecule has 2 aromatic heterocycles. The Morgan fingerprint density at radius 1 is 0.636 bits per heavy atom. The standard InChI is InChI=1S/C18H16N2O2/c1-3-10-19-15(6-1)13-21-17-8-5-9-18(12-17)22-14-16-7-2-4-11-20-16/h1-12H,13-14H2. The van der Waals surface area contributed by atoms with Gasteiger partial charge in [-0.2, -0.15) is 0 Å². The molecule has 2 heterocycles. The molecule has 0 aliphatic rings. The van der Waals surface area contributed by atoms with Crippen molar-refractivity contribution in [1.82, 2.24) is 9.97 Å². The van der Waals surface area contributed by atoms with Crippen molar-refractivity contribution in [2.45, 2.75) is 13.2 Å². The van der Waals surface area contributed by atoms with Crippen LogP contribution in [-0.4, -0.2) is 9.97 Å². The zero-order chi connectivity index (χ0) is 15.0. The van der Waals surface area contributed by atoms with Crippen LogP contribution < -0.4 is 9.47 Å². The Hall–Kier alpha value is -2.88. The van der Waals surface area contributed by atoms with Gasteiger partial charge in [-0.1, -0.05) is 18.2 Å². The van der Waals surface area contributed by atoms with E-state index < -0.39 is 0 Å². The zero-order valence-electron chi connectivity index (χ0n) is 12.1. The number of benzene rings is 1. The molecule has 0 aliphatic heterocycles. The van der Waals surface area contributed by atoms with E-state index in [1.165, 1.54) is 0 Å². The van der Waals surface area contributed by atoms with Gasteiger partial charge in [0.25, 0.3) is 0 Å². The SMILES string of the molecule is c1ccc(COc2cccc(OCc3ccccn3)c2)nc1. The predicted molar refractivity (Wildman–Crippen MR) is 83.6 cm³/mol. The van der Waals surface area contributed by atoms with E-state index in [-0.39, 0.29) is 0 Å². The molecular weight excluding hydrogens is 276 g/mol. The zero-order valence-corrected chi connectivity index (χ0v) is 12.1. The molecular formula is C18H16N2O2. The maximum absolute atomic E-state index is 5.73. The normalized spacial score (nSPS) is 10.2. The van der Waals surface area contributed by atoms with Crippen molar-refractivity contribution < 1.29 is 9.47 Å². The minimum atomic E-state index is 0.435. The first kappa shape index (κ1) is 14.1. The lowest BCUT2D eigenvalue weighted by atomic mass is 10.3. The molecule has 4 nitrogen and oxygen atoms in total. The van der Waals surface area contributed by atoms with Gasteiger partial charge in [-0.15, -0.1) is 0 Å². The van der Waals surface area contributed by atoms with E-state index >= 15 is 0 Å². The molecule has 0 amide bonds. The second-order valence-electron chi connectivity index (χ2n) is 4.69. The minimum Gasteiger partial charge on any atom is -0.487 e. The number of ether oxygens (including phenoxy) is 2. The van der Waals surface area contributed by atoms with Gasteiger partial charge in [0.2, 0.25) is 0 Å². The first-order valence-corrected chi connectivity index (χ1v) is 7.06. The third-order valence-corrected chi connectivity index (χ3v) is 3.03. The number of hydrogen-bond acceptors (Lipinski definition) is 4. The van der Waals surface area contributed by atoms with Crippen molar-refractivity contribution in [3.8, 4) is 11.5 Å². The van der Waals surface area contributed by atoms with E-state index in [1.54, 1.807) is 12.4 Å². The molecule has 0 spiro atoms. The molecule has 0 bridgehead atoms. The van der Waals surface area contributed by atoms with Crippen molar-refractivity contribution >= 4 is 0 Å². The molecule has 3 rings (SSSR count). The molecule has 0 N–H and O–H groups in total. The van der Waals surface area contributed by atoms with Crippen LogP contribution in [0.2, 0.25) is 0 Å². The Balaban J connectivity index is 1.58. The summed E-state index contributed by atoms with van der Waals surface area (Å²) in [5.74, 6) is 1.51. The number of pyridine rings is 2. The van der Waals surface area contributed by atoms with Crippen LogP contribution >= 0.6 is 0 Å². The van der Waals surface area contributed by atoms with Gasteiger partial charge in [0.15, 0.2) is 0 Å². The molecule has 0 saturated carbocycles. The first-order chi connectivity index (χ1) is 10.9. The Labute approximate surface area is 129 Å². The van der Waals surface area contributed by atoms with Crippen LogP contribution in [0.15, 0.2) is 73.1 Å². The Bertz CT molecular complexity index is 644. The van der Waals surface area contributed by atoms with E-state index in [4.69, 9.17) is 9.47 Å². The van der Waals surface area contributed by atoms with E-state index in [2.05, 4.69) is 9.97 Å². The van der Waals surface area contributed by atoms with Gasteiger partial charge < -0.3 is 9.47 Å². The lowest BCUT2D eigenvalue weighted by Crippen LogP contribution is -1.99. The fraction of sp³-hybridized carbons (Fsp3) is 0.111. The maximum atomic E-state index is 5.73. The minimum absolute atomic E-state index is 0.435. The van der Waals surface area contributed by atoms with Gasteiger partial charge in [-0.05, 0) is 36.4 Å². The second-order valence-corrected chi connectivity index (χ2v) is 4.69. The van der Waals surface area contributed by atoms with E-state index in [1.807, 2.05) is 60.7 Å². The summed E-state index contributed by atoms with van der Waals surface area (Å²) in [5.41, 5.74) is 1.78. The van der Waals surface area contributed by atoms with Crippen molar-refractivity contribution in [3.05, 3.63) is 84.4 Å². The van der Waals surface area contributed by atoms with Crippen molar-refractivity contribution in [2.24, 2.45) is 0 Å². The summed E-state index contributed by atoms with van der Waals surface area (Å²) >= 11 is 0.